The number of hydrogen-bond acceptors (Lipinski definition) is 4. The number of benzene rings is 7. The van der Waals surface area contributed by atoms with E-state index in [0.717, 1.165) is 49.8 Å². The first-order valence-corrected chi connectivity index (χ1v) is 15.0. The monoisotopic (exact) mass is 575 g/mol. The smallest absolute Gasteiger partial charge is 0.164 e. The van der Waals surface area contributed by atoms with Crippen molar-refractivity contribution >= 4 is 43.5 Å². The molecule has 4 heteroatoms. The Hall–Kier alpha value is -6.13. The van der Waals surface area contributed by atoms with Crippen molar-refractivity contribution in [1.29, 1.82) is 0 Å². The SMILES string of the molecule is c1ccc(-c2nc(-c3ccccc3)nc(-c3ccc(-c4cccc5c6oc7ccccc7c6c6ccccc6c45)cc3)n2)cc1. The van der Waals surface area contributed by atoms with E-state index in [1.165, 1.54) is 21.5 Å². The number of nitrogens with zero attached hydrogens (tertiary/aromatic N) is 3. The molecular formula is C41H25N3O. The van der Waals surface area contributed by atoms with Gasteiger partial charge >= 0.3 is 0 Å². The van der Waals surface area contributed by atoms with Gasteiger partial charge in [-0.1, -0.05) is 146 Å². The fourth-order valence-electron chi connectivity index (χ4n) is 6.43. The Morgan fingerprint density at radius 1 is 0.333 bits per heavy atom. The van der Waals surface area contributed by atoms with Crippen LogP contribution in [0.5, 0.6) is 0 Å². The van der Waals surface area contributed by atoms with E-state index in [-0.39, 0.29) is 0 Å². The number of aromatic nitrogens is 3. The molecule has 0 aliphatic heterocycles. The zero-order chi connectivity index (χ0) is 29.7. The Kier molecular flexibility index (Phi) is 5.78. The molecule has 0 N–H and O–H groups in total. The Bertz CT molecular complexity index is 2460. The third kappa shape index (κ3) is 4.19. The van der Waals surface area contributed by atoms with E-state index < -0.39 is 0 Å². The summed E-state index contributed by atoms with van der Waals surface area (Å²) in [6.07, 6.45) is 0. The molecule has 0 unspecified atom stereocenters. The van der Waals surface area contributed by atoms with E-state index in [9.17, 15) is 0 Å². The zero-order valence-electron chi connectivity index (χ0n) is 24.2. The summed E-state index contributed by atoms with van der Waals surface area (Å²) in [4.78, 5) is 14.7. The highest BCUT2D eigenvalue weighted by molar-refractivity contribution is 6.32. The molecule has 0 atom stereocenters. The van der Waals surface area contributed by atoms with Crippen LogP contribution in [0.25, 0.3) is 88.8 Å². The molecule has 0 fully saturated rings. The number of fused-ring (bicyclic) bond motifs is 8. The van der Waals surface area contributed by atoms with E-state index in [1.54, 1.807) is 0 Å². The third-order valence-electron chi connectivity index (χ3n) is 8.52. The van der Waals surface area contributed by atoms with Crippen LogP contribution in [0.4, 0.5) is 0 Å². The van der Waals surface area contributed by atoms with Crippen molar-refractivity contribution in [3.63, 3.8) is 0 Å². The minimum absolute atomic E-state index is 0.640. The highest BCUT2D eigenvalue weighted by Gasteiger charge is 2.18. The highest BCUT2D eigenvalue weighted by Crippen LogP contribution is 2.44. The van der Waals surface area contributed by atoms with Gasteiger partial charge in [-0.05, 0) is 28.0 Å². The normalized spacial score (nSPS) is 11.6. The maximum Gasteiger partial charge on any atom is 0.164 e. The predicted molar refractivity (Wildman–Crippen MR) is 184 cm³/mol. The first-order valence-electron chi connectivity index (χ1n) is 15.0. The fraction of sp³-hybridized carbons (Fsp3) is 0. The van der Waals surface area contributed by atoms with Gasteiger partial charge in [-0.25, -0.2) is 15.0 Å². The first kappa shape index (κ1) is 25.4. The van der Waals surface area contributed by atoms with E-state index in [4.69, 9.17) is 19.4 Å². The van der Waals surface area contributed by atoms with Crippen molar-refractivity contribution in [1.82, 2.24) is 15.0 Å². The van der Waals surface area contributed by atoms with Crippen LogP contribution in [0.15, 0.2) is 156 Å². The number of hydrogen-bond donors (Lipinski definition) is 0. The van der Waals surface area contributed by atoms with E-state index in [2.05, 4.69) is 78.9 Å². The average Bonchev–Trinajstić information content (AvgIpc) is 3.52. The van der Waals surface area contributed by atoms with Crippen LogP contribution in [0, 0.1) is 0 Å². The number of para-hydroxylation sites is 1. The molecule has 45 heavy (non-hydrogen) atoms. The lowest BCUT2D eigenvalue weighted by Crippen LogP contribution is -2.00. The molecule has 7 aromatic carbocycles. The molecule has 2 heterocycles. The van der Waals surface area contributed by atoms with Crippen LogP contribution < -0.4 is 0 Å². The van der Waals surface area contributed by atoms with Crippen molar-refractivity contribution in [3.05, 3.63) is 152 Å². The zero-order valence-corrected chi connectivity index (χ0v) is 24.2. The molecule has 0 spiro atoms. The minimum atomic E-state index is 0.640. The van der Waals surface area contributed by atoms with Crippen LogP contribution in [-0.2, 0) is 0 Å². The predicted octanol–water partition coefficient (Wildman–Crippen LogP) is 10.7. The van der Waals surface area contributed by atoms with Gasteiger partial charge in [0, 0.05) is 38.2 Å². The van der Waals surface area contributed by atoms with Gasteiger partial charge < -0.3 is 4.42 Å². The Labute approximate surface area is 259 Å². The van der Waals surface area contributed by atoms with Gasteiger partial charge in [0.25, 0.3) is 0 Å². The van der Waals surface area contributed by atoms with E-state index >= 15 is 0 Å². The summed E-state index contributed by atoms with van der Waals surface area (Å²) in [5.74, 6) is 1.94. The summed E-state index contributed by atoms with van der Waals surface area (Å²) >= 11 is 0. The lowest BCUT2D eigenvalue weighted by molar-refractivity contribution is 0.673. The van der Waals surface area contributed by atoms with Gasteiger partial charge in [0.1, 0.15) is 11.2 Å². The molecule has 4 nitrogen and oxygen atoms in total. The van der Waals surface area contributed by atoms with Crippen LogP contribution in [0.1, 0.15) is 0 Å². The molecular weight excluding hydrogens is 550 g/mol. The van der Waals surface area contributed by atoms with Crippen molar-refractivity contribution in [2.24, 2.45) is 0 Å². The minimum Gasteiger partial charge on any atom is -0.455 e. The standard InChI is InChI=1S/C41H25N3O/c1-3-12-27(13-4-1)39-42-40(28-14-5-2-6-15-28)44-41(43-39)29-24-22-26(23-25-29)30-19-11-20-34-36(30)31-16-7-8-17-32(31)37-33-18-9-10-21-35(33)45-38(34)37/h1-25H. The Morgan fingerprint density at radius 2 is 0.800 bits per heavy atom. The Morgan fingerprint density at radius 3 is 1.42 bits per heavy atom. The van der Waals surface area contributed by atoms with Gasteiger partial charge in [-0.15, -0.1) is 0 Å². The van der Waals surface area contributed by atoms with Crippen molar-refractivity contribution < 1.29 is 4.42 Å². The average molecular weight is 576 g/mol. The van der Waals surface area contributed by atoms with Gasteiger partial charge in [0.15, 0.2) is 17.5 Å². The topological polar surface area (TPSA) is 51.8 Å². The second kappa shape index (κ2) is 10.2. The summed E-state index contributed by atoms with van der Waals surface area (Å²) in [5, 5.41) is 7.01. The largest absolute Gasteiger partial charge is 0.455 e. The number of rotatable bonds is 4. The van der Waals surface area contributed by atoms with E-state index in [0.29, 0.717) is 17.5 Å². The lowest BCUT2D eigenvalue weighted by Gasteiger charge is -2.13. The molecule has 0 amide bonds. The molecule has 0 saturated carbocycles. The van der Waals surface area contributed by atoms with Gasteiger partial charge in [0.2, 0.25) is 0 Å². The summed E-state index contributed by atoms with van der Waals surface area (Å²) < 4.78 is 6.51. The highest BCUT2D eigenvalue weighted by atomic mass is 16.3. The molecule has 9 aromatic rings. The quantitative estimate of drug-likeness (QED) is 0.196. The van der Waals surface area contributed by atoms with Crippen LogP contribution in [0.2, 0.25) is 0 Å². The van der Waals surface area contributed by atoms with Crippen molar-refractivity contribution in [3.8, 4) is 45.3 Å². The molecule has 0 bridgehead atoms. The summed E-state index contributed by atoms with van der Waals surface area (Å²) in [7, 11) is 0. The van der Waals surface area contributed by atoms with Crippen LogP contribution in [-0.4, -0.2) is 15.0 Å². The maximum absolute atomic E-state index is 6.51. The molecule has 2 aromatic heterocycles. The van der Waals surface area contributed by atoms with Crippen LogP contribution in [0.3, 0.4) is 0 Å². The van der Waals surface area contributed by atoms with Gasteiger partial charge in [-0.2, -0.15) is 0 Å². The molecule has 0 saturated heterocycles. The molecule has 210 valence electrons. The van der Waals surface area contributed by atoms with Crippen molar-refractivity contribution in [2.75, 3.05) is 0 Å². The second-order valence-corrected chi connectivity index (χ2v) is 11.2. The molecule has 0 radical (unpaired) electrons. The molecule has 0 aliphatic rings. The molecule has 9 rings (SSSR count). The summed E-state index contributed by atoms with van der Waals surface area (Å²) in [6, 6.07) is 52.1. The van der Waals surface area contributed by atoms with Gasteiger partial charge in [-0.3, -0.25) is 0 Å². The fourth-order valence-corrected chi connectivity index (χ4v) is 6.43. The summed E-state index contributed by atoms with van der Waals surface area (Å²) in [5.41, 5.74) is 6.94. The second-order valence-electron chi connectivity index (χ2n) is 11.2. The lowest BCUT2D eigenvalue weighted by atomic mass is 9.91. The maximum atomic E-state index is 6.51. The number of furan rings is 1. The third-order valence-corrected chi connectivity index (χ3v) is 8.52. The van der Waals surface area contributed by atoms with E-state index in [1.807, 2.05) is 72.8 Å². The van der Waals surface area contributed by atoms with Crippen LogP contribution >= 0.6 is 0 Å². The Balaban J connectivity index is 1.22. The summed E-state index contributed by atoms with van der Waals surface area (Å²) in [6.45, 7) is 0. The first-order chi connectivity index (χ1) is 22.3. The molecule has 0 aliphatic carbocycles. The van der Waals surface area contributed by atoms with Gasteiger partial charge in [0.05, 0.1) is 0 Å². The van der Waals surface area contributed by atoms with Crippen molar-refractivity contribution in [2.45, 2.75) is 0 Å².